The third-order valence-corrected chi connectivity index (χ3v) is 1.79. The Kier molecular flexibility index (Phi) is 4.68. The molecule has 0 aliphatic carbocycles. The lowest BCUT2D eigenvalue weighted by molar-refractivity contribution is -0.154. The first-order chi connectivity index (χ1) is 8.15. The number of carbonyl (C=O) groups is 3. The van der Waals surface area contributed by atoms with Gasteiger partial charge in [0.25, 0.3) is 5.91 Å². The van der Waals surface area contributed by atoms with E-state index in [1.54, 1.807) is 37.3 Å². The van der Waals surface area contributed by atoms with Gasteiger partial charge in [0.05, 0.1) is 6.61 Å². The molecule has 0 aromatic heterocycles. The fraction of sp³-hybridized carbons (Fsp3) is 0.182. The quantitative estimate of drug-likeness (QED) is 0.430. The average molecular weight is 236 g/mol. The molecule has 0 saturated heterocycles. The van der Waals surface area contributed by atoms with E-state index in [0.29, 0.717) is 5.56 Å². The Bertz CT molecular complexity index is 417. The normalized spacial score (nSPS) is 9.24. The zero-order chi connectivity index (χ0) is 12.7. The number of ether oxygens (including phenoxy) is 1. The fourth-order valence-electron chi connectivity index (χ4n) is 1.02. The van der Waals surface area contributed by atoms with Crippen molar-refractivity contribution >= 4 is 17.8 Å². The van der Waals surface area contributed by atoms with Gasteiger partial charge in [0.15, 0.2) is 0 Å². The highest BCUT2D eigenvalue weighted by Crippen LogP contribution is 1.96. The fourth-order valence-corrected chi connectivity index (χ4v) is 1.02. The predicted octanol–water partition coefficient (Wildman–Crippen LogP) is 0.0107. The van der Waals surface area contributed by atoms with Gasteiger partial charge < -0.3 is 4.74 Å². The molecular weight excluding hydrogens is 224 g/mol. The molecule has 0 unspecified atom stereocenters. The van der Waals surface area contributed by atoms with Crippen LogP contribution in [0, 0.1) is 0 Å². The minimum absolute atomic E-state index is 0.0961. The zero-order valence-corrected chi connectivity index (χ0v) is 9.23. The second-order valence-electron chi connectivity index (χ2n) is 2.99. The molecule has 0 saturated carbocycles. The number of rotatable bonds is 2. The van der Waals surface area contributed by atoms with Gasteiger partial charge >= 0.3 is 11.9 Å². The minimum Gasteiger partial charge on any atom is -0.459 e. The average Bonchev–Trinajstić information content (AvgIpc) is 2.36. The molecule has 1 aromatic rings. The van der Waals surface area contributed by atoms with Crippen LogP contribution in [0.3, 0.4) is 0 Å². The van der Waals surface area contributed by atoms with E-state index in [1.807, 2.05) is 5.43 Å². The van der Waals surface area contributed by atoms with Crippen LogP contribution in [-0.2, 0) is 14.3 Å². The van der Waals surface area contributed by atoms with Crippen molar-refractivity contribution < 1.29 is 19.1 Å². The van der Waals surface area contributed by atoms with Crippen LogP contribution in [0.1, 0.15) is 17.3 Å². The van der Waals surface area contributed by atoms with Gasteiger partial charge in [-0.2, -0.15) is 0 Å². The van der Waals surface area contributed by atoms with Gasteiger partial charge in [-0.3, -0.25) is 20.4 Å². The van der Waals surface area contributed by atoms with Crippen molar-refractivity contribution in [3.8, 4) is 0 Å². The van der Waals surface area contributed by atoms with E-state index in [1.165, 1.54) is 0 Å². The molecule has 0 aliphatic rings. The number of nitrogens with one attached hydrogen (secondary N) is 2. The molecule has 6 nitrogen and oxygen atoms in total. The van der Waals surface area contributed by atoms with Crippen LogP contribution < -0.4 is 10.9 Å². The Hall–Kier alpha value is -2.37. The van der Waals surface area contributed by atoms with E-state index in [9.17, 15) is 14.4 Å². The van der Waals surface area contributed by atoms with Crippen LogP contribution in [0.25, 0.3) is 0 Å². The largest absolute Gasteiger partial charge is 0.459 e. The lowest BCUT2D eigenvalue weighted by Gasteiger charge is -2.06. The number of hydrogen-bond donors (Lipinski definition) is 2. The molecule has 6 heteroatoms. The second-order valence-corrected chi connectivity index (χ2v) is 2.99. The maximum absolute atomic E-state index is 11.5. The molecular formula is C11H12N2O4. The minimum atomic E-state index is -1.04. The smallest absolute Gasteiger partial charge is 0.398 e. The molecule has 0 atom stereocenters. The first-order valence-electron chi connectivity index (χ1n) is 4.97. The number of carbonyl (C=O) groups excluding carboxylic acids is 3. The highest BCUT2D eigenvalue weighted by Gasteiger charge is 2.15. The first-order valence-corrected chi connectivity index (χ1v) is 4.97. The summed E-state index contributed by atoms with van der Waals surface area (Å²) in [6.07, 6.45) is 0. The van der Waals surface area contributed by atoms with Crippen molar-refractivity contribution in [1.82, 2.24) is 10.9 Å². The molecule has 0 bridgehead atoms. The lowest BCUT2D eigenvalue weighted by Crippen LogP contribution is -2.45. The standard InChI is InChI=1S/C11H12N2O4/c1-2-17-11(16)10(15)13-12-9(14)8-6-4-3-5-7-8/h3-7H,2H2,1H3,(H,12,14)(H,13,15). The van der Waals surface area contributed by atoms with E-state index in [-0.39, 0.29) is 6.61 Å². The molecule has 0 heterocycles. The van der Waals surface area contributed by atoms with Crippen LogP contribution in [0.4, 0.5) is 0 Å². The Morgan fingerprint density at radius 3 is 2.35 bits per heavy atom. The van der Waals surface area contributed by atoms with Crippen molar-refractivity contribution in [2.45, 2.75) is 6.92 Å². The molecule has 0 aliphatic heterocycles. The molecule has 2 amide bonds. The van der Waals surface area contributed by atoms with Gasteiger partial charge in [-0.15, -0.1) is 0 Å². The number of hydrogen-bond acceptors (Lipinski definition) is 4. The maximum atomic E-state index is 11.5. The Labute approximate surface area is 97.9 Å². The van der Waals surface area contributed by atoms with Crippen molar-refractivity contribution in [3.63, 3.8) is 0 Å². The number of benzene rings is 1. The van der Waals surface area contributed by atoms with Crippen molar-refractivity contribution in [2.75, 3.05) is 6.61 Å². The number of amides is 2. The van der Waals surface area contributed by atoms with Gasteiger partial charge in [0.1, 0.15) is 0 Å². The summed E-state index contributed by atoms with van der Waals surface area (Å²) in [4.78, 5) is 33.4. The maximum Gasteiger partial charge on any atom is 0.398 e. The van der Waals surface area contributed by atoms with Crippen LogP contribution in [-0.4, -0.2) is 24.4 Å². The van der Waals surface area contributed by atoms with Crippen LogP contribution >= 0.6 is 0 Å². The molecule has 0 radical (unpaired) electrons. The summed E-state index contributed by atoms with van der Waals surface area (Å²) >= 11 is 0. The molecule has 90 valence electrons. The van der Waals surface area contributed by atoms with Gasteiger partial charge in [0.2, 0.25) is 0 Å². The topological polar surface area (TPSA) is 84.5 Å². The monoisotopic (exact) mass is 236 g/mol. The molecule has 17 heavy (non-hydrogen) atoms. The molecule has 0 fully saturated rings. The Balaban J connectivity index is 2.44. The molecule has 1 rings (SSSR count). The third-order valence-electron chi connectivity index (χ3n) is 1.79. The summed E-state index contributed by atoms with van der Waals surface area (Å²) in [5.74, 6) is -2.57. The summed E-state index contributed by atoms with van der Waals surface area (Å²) < 4.78 is 4.44. The van der Waals surface area contributed by atoms with Crippen molar-refractivity contribution in [2.24, 2.45) is 0 Å². The summed E-state index contributed by atoms with van der Waals surface area (Å²) in [6, 6.07) is 8.27. The van der Waals surface area contributed by atoms with Gasteiger partial charge in [-0.1, -0.05) is 18.2 Å². The number of hydrazine groups is 1. The first kappa shape index (κ1) is 12.7. The Morgan fingerprint density at radius 2 is 1.76 bits per heavy atom. The van der Waals surface area contributed by atoms with E-state index in [0.717, 1.165) is 0 Å². The summed E-state index contributed by atoms with van der Waals surface area (Å²) in [5, 5.41) is 0. The van der Waals surface area contributed by atoms with Gasteiger partial charge in [0, 0.05) is 5.56 Å². The highest BCUT2D eigenvalue weighted by molar-refractivity contribution is 6.32. The summed E-state index contributed by atoms with van der Waals surface area (Å²) in [7, 11) is 0. The predicted molar refractivity (Wildman–Crippen MR) is 58.7 cm³/mol. The van der Waals surface area contributed by atoms with E-state index < -0.39 is 17.8 Å². The lowest BCUT2D eigenvalue weighted by atomic mass is 10.2. The van der Waals surface area contributed by atoms with Gasteiger partial charge in [-0.25, -0.2) is 4.79 Å². The van der Waals surface area contributed by atoms with E-state index in [4.69, 9.17) is 0 Å². The second kappa shape index (κ2) is 6.26. The molecule has 2 N–H and O–H groups in total. The highest BCUT2D eigenvalue weighted by atomic mass is 16.5. The Morgan fingerprint density at radius 1 is 1.12 bits per heavy atom. The van der Waals surface area contributed by atoms with Crippen molar-refractivity contribution in [1.29, 1.82) is 0 Å². The van der Waals surface area contributed by atoms with Crippen LogP contribution in [0.2, 0.25) is 0 Å². The zero-order valence-electron chi connectivity index (χ0n) is 9.23. The van der Waals surface area contributed by atoms with E-state index >= 15 is 0 Å². The van der Waals surface area contributed by atoms with Crippen LogP contribution in [0.5, 0.6) is 0 Å². The molecule has 1 aromatic carbocycles. The third kappa shape index (κ3) is 3.94. The SMILES string of the molecule is CCOC(=O)C(=O)NNC(=O)c1ccccc1. The number of esters is 1. The summed E-state index contributed by atoms with van der Waals surface area (Å²) in [5.41, 5.74) is 4.42. The molecule has 0 spiro atoms. The van der Waals surface area contributed by atoms with Gasteiger partial charge in [-0.05, 0) is 19.1 Å². The van der Waals surface area contributed by atoms with Crippen LogP contribution in [0.15, 0.2) is 30.3 Å². The summed E-state index contributed by atoms with van der Waals surface area (Å²) in [6.45, 7) is 1.67. The van der Waals surface area contributed by atoms with E-state index in [2.05, 4.69) is 10.2 Å². The van der Waals surface area contributed by atoms with Crippen molar-refractivity contribution in [3.05, 3.63) is 35.9 Å².